The number of hydrogen-bond acceptors (Lipinski definition) is 2. The first-order valence-electron chi connectivity index (χ1n) is 5.73. The van der Waals surface area contributed by atoms with E-state index >= 15 is 0 Å². The maximum atomic E-state index is 4.22. The molecule has 0 unspecified atom stereocenters. The van der Waals surface area contributed by atoms with Crippen LogP contribution < -0.4 is 0 Å². The molecule has 3 nitrogen and oxygen atoms in total. The second kappa shape index (κ2) is 3.84. The maximum Gasteiger partial charge on any atom is 0.113 e. The van der Waals surface area contributed by atoms with Crippen LogP contribution in [0.2, 0.25) is 0 Å². The van der Waals surface area contributed by atoms with Crippen LogP contribution in [0.1, 0.15) is 24.8 Å². The molecule has 0 atom stereocenters. The van der Waals surface area contributed by atoms with Gasteiger partial charge in [0.1, 0.15) is 5.52 Å². The van der Waals surface area contributed by atoms with Crippen LogP contribution in [0.15, 0.2) is 16.6 Å². The fourth-order valence-corrected chi connectivity index (χ4v) is 2.30. The van der Waals surface area contributed by atoms with Gasteiger partial charge in [0.15, 0.2) is 0 Å². The summed E-state index contributed by atoms with van der Waals surface area (Å²) in [6.45, 7) is 3.07. The monoisotopic (exact) mass is 279 g/mol. The van der Waals surface area contributed by atoms with Crippen LogP contribution >= 0.6 is 15.9 Å². The van der Waals surface area contributed by atoms with Crippen molar-refractivity contribution in [3.8, 4) is 0 Å². The van der Waals surface area contributed by atoms with Crippen LogP contribution in [-0.4, -0.2) is 15.0 Å². The minimum Gasteiger partial charge on any atom is -0.245 e. The van der Waals surface area contributed by atoms with Gasteiger partial charge in [-0.3, -0.25) is 0 Å². The third-order valence-electron chi connectivity index (χ3n) is 3.24. The van der Waals surface area contributed by atoms with E-state index in [4.69, 9.17) is 0 Å². The second-order valence-electron chi connectivity index (χ2n) is 4.63. The predicted molar refractivity (Wildman–Crippen MR) is 67.3 cm³/mol. The van der Waals surface area contributed by atoms with E-state index in [0.717, 1.165) is 28.0 Å². The van der Waals surface area contributed by atoms with E-state index in [2.05, 4.69) is 45.3 Å². The highest BCUT2D eigenvalue weighted by molar-refractivity contribution is 9.10. The zero-order valence-corrected chi connectivity index (χ0v) is 10.9. The number of rotatable bonds is 3. The van der Waals surface area contributed by atoms with E-state index in [1.54, 1.807) is 0 Å². The van der Waals surface area contributed by atoms with Gasteiger partial charge in [0.25, 0.3) is 0 Å². The number of benzene rings is 1. The lowest BCUT2D eigenvalue weighted by molar-refractivity contribution is 0.544. The Hall–Kier alpha value is -0.900. The highest BCUT2D eigenvalue weighted by Crippen LogP contribution is 2.33. The first kappa shape index (κ1) is 10.3. The van der Waals surface area contributed by atoms with Gasteiger partial charge in [-0.2, -0.15) is 0 Å². The standard InChI is InChI=1S/C12H14BrN3/c1-8-6-11-12(7-10(8)13)16(15-14-11)5-4-9-2-3-9/h6-7,9H,2-5H2,1H3. The summed E-state index contributed by atoms with van der Waals surface area (Å²) in [6, 6.07) is 4.21. The van der Waals surface area contributed by atoms with E-state index in [1.165, 1.54) is 24.8 Å². The quantitative estimate of drug-likeness (QED) is 0.863. The molecule has 84 valence electrons. The zero-order valence-electron chi connectivity index (χ0n) is 9.28. The summed E-state index contributed by atoms with van der Waals surface area (Å²) < 4.78 is 3.16. The Bertz CT molecular complexity index is 528. The largest absolute Gasteiger partial charge is 0.245 e. The number of aryl methyl sites for hydroxylation is 2. The van der Waals surface area contributed by atoms with Crippen LogP contribution in [0.5, 0.6) is 0 Å². The number of fused-ring (bicyclic) bond motifs is 1. The van der Waals surface area contributed by atoms with Crippen molar-refractivity contribution >= 4 is 27.0 Å². The lowest BCUT2D eigenvalue weighted by atomic mass is 10.2. The molecule has 0 saturated heterocycles. The Labute approximate surface area is 103 Å². The number of aromatic nitrogens is 3. The van der Waals surface area contributed by atoms with Crippen molar-refractivity contribution in [3.05, 3.63) is 22.2 Å². The molecule has 1 aliphatic carbocycles. The number of halogens is 1. The smallest absolute Gasteiger partial charge is 0.113 e. The first-order chi connectivity index (χ1) is 7.74. The summed E-state index contributed by atoms with van der Waals surface area (Å²) in [5, 5.41) is 8.43. The Kier molecular flexibility index (Phi) is 2.46. The second-order valence-corrected chi connectivity index (χ2v) is 5.49. The predicted octanol–water partition coefficient (Wildman–Crippen LogP) is 3.30. The minimum absolute atomic E-state index is 0.938. The fraction of sp³-hybridized carbons (Fsp3) is 0.500. The summed E-state index contributed by atoms with van der Waals surface area (Å²) >= 11 is 3.56. The minimum atomic E-state index is 0.938. The Balaban J connectivity index is 1.94. The average Bonchev–Trinajstić information content (AvgIpc) is 3.01. The van der Waals surface area contributed by atoms with Crippen LogP contribution in [0, 0.1) is 12.8 Å². The van der Waals surface area contributed by atoms with E-state index in [0.29, 0.717) is 0 Å². The SMILES string of the molecule is Cc1cc2nnn(CCC3CC3)c2cc1Br. The van der Waals surface area contributed by atoms with Gasteiger partial charge in [0, 0.05) is 11.0 Å². The van der Waals surface area contributed by atoms with Gasteiger partial charge >= 0.3 is 0 Å². The third kappa shape index (κ3) is 1.86. The molecule has 1 aromatic heterocycles. The van der Waals surface area contributed by atoms with Gasteiger partial charge in [-0.25, -0.2) is 4.68 Å². The van der Waals surface area contributed by atoms with E-state index < -0.39 is 0 Å². The van der Waals surface area contributed by atoms with Crippen molar-refractivity contribution in [3.63, 3.8) is 0 Å². The van der Waals surface area contributed by atoms with Gasteiger partial charge in [-0.05, 0) is 37.0 Å². The number of hydrogen-bond donors (Lipinski definition) is 0. The van der Waals surface area contributed by atoms with Gasteiger partial charge < -0.3 is 0 Å². The summed E-state index contributed by atoms with van der Waals surface area (Å²) in [4.78, 5) is 0. The summed E-state index contributed by atoms with van der Waals surface area (Å²) in [5.41, 5.74) is 3.34. The van der Waals surface area contributed by atoms with Gasteiger partial charge in [-0.15, -0.1) is 5.10 Å². The van der Waals surface area contributed by atoms with Crippen LogP contribution in [-0.2, 0) is 6.54 Å². The summed E-state index contributed by atoms with van der Waals surface area (Å²) in [5.74, 6) is 0.938. The Morgan fingerprint density at radius 3 is 3.00 bits per heavy atom. The molecule has 4 heteroatoms. The normalized spacial score (nSPS) is 15.9. The average molecular weight is 280 g/mol. The molecule has 3 rings (SSSR count). The van der Waals surface area contributed by atoms with Crippen molar-refractivity contribution in [2.75, 3.05) is 0 Å². The molecule has 1 heterocycles. The molecule has 1 aromatic carbocycles. The molecule has 0 radical (unpaired) electrons. The van der Waals surface area contributed by atoms with Crippen molar-refractivity contribution in [2.45, 2.75) is 32.7 Å². The van der Waals surface area contributed by atoms with Crippen LogP contribution in [0.4, 0.5) is 0 Å². The molecule has 1 saturated carbocycles. The molecule has 2 aromatic rings. The molecule has 0 N–H and O–H groups in total. The highest BCUT2D eigenvalue weighted by Gasteiger charge is 2.21. The van der Waals surface area contributed by atoms with Crippen molar-refractivity contribution in [2.24, 2.45) is 5.92 Å². The van der Waals surface area contributed by atoms with E-state index in [9.17, 15) is 0 Å². The molecule has 16 heavy (non-hydrogen) atoms. The number of nitrogens with zero attached hydrogens (tertiary/aromatic N) is 3. The lowest BCUT2D eigenvalue weighted by Crippen LogP contribution is -2.01. The third-order valence-corrected chi connectivity index (χ3v) is 4.09. The molecule has 1 aliphatic rings. The van der Waals surface area contributed by atoms with Crippen molar-refractivity contribution in [1.29, 1.82) is 0 Å². The van der Waals surface area contributed by atoms with Crippen LogP contribution in [0.25, 0.3) is 11.0 Å². The molecule has 0 amide bonds. The highest BCUT2D eigenvalue weighted by atomic mass is 79.9. The molecular formula is C12H14BrN3. The molecule has 0 aliphatic heterocycles. The molecule has 0 spiro atoms. The Morgan fingerprint density at radius 2 is 2.25 bits per heavy atom. The van der Waals surface area contributed by atoms with Gasteiger partial charge in [0.2, 0.25) is 0 Å². The van der Waals surface area contributed by atoms with Gasteiger partial charge in [0.05, 0.1) is 5.52 Å². The summed E-state index contributed by atoms with van der Waals surface area (Å²) in [7, 11) is 0. The van der Waals surface area contributed by atoms with Crippen molar-refractivity contribution < 1.29 is 0 Å². The Morgan fingerprint density at radius 1 is 1.44 bits per heavy atom. The lowest BCUT2D eigenvalue weighted by Gasteiger charge is -2.02. The summed E-state index contributed by atoms with van der Waals surface area (Å²) in [6.07, 6.45) is 4.04. The van der Waals surface area contributed by atoms with Crippen molar-refractivity contribution in [1.82, 2.24) is 15.0 Å². The maximum absolute atomic E-state index is 4.22. The van der Waals surface area contributed by atoms with Gasteiger partial charge in [-0.1, -0.05) is 34.0 Å². The fourth-order valence-electron chi connectivity index (χ4n) is 1.97. The first-order valence-corrected chi connectivity index (χ1v) is 6.52. The topological polar surface area (TPSA) is 30.7 Å². The van der Waals surface area contributed by atoms with Crippen LogP contribution in [0.3, 0.4) is 0 Å². The molecule has 0 bridgehead atoms. The van der Waals surface area contributed by atoms with E-state index in [1.807, 2.05) is 4.68 Å². The van der Waals surface area contributed by atoms with E-state index in [-0.39, 0.29) is 0 Å². The zero-order chi connectivity index (χ0) is 11.1. The molecular weight excluding hydrogens is 266 g/mol. The molecule has 1 fully saturated rings.